The van der Waals surface area contributed by atoms with E-state index in [0.717, 1.165) is 5.52 Å². The molecule has 5 heteroatoms. The Bertz CT molecular complexity index is 803. The van der Waals surface area contributed by atoms with Crippen molar-refractivity contribution in [2.45, 2.75) is 0 Å². The summed E-state index contributed by atoms with van der Waals surface area (Å²) in [7, 11) is 0. The van der Waals surface area contributed by atoms with Gasteiger partial charge in [-0.25, -0.2) is 0 Å². The number of rotatable bonds is 0. The molecular formula is C11H7N3OS. The first-order valence-electron chi connectivity index (χ1n) is 4.76. The third kappa shape index (κ3) is 1.18. The number of nitrogens with one attached hydrogen (secondary N) is 2. The van der Waals surface area contributed by atoms with Gasteiger partial charge in [-0.3, -0.25) is 9.89 Å². The second-order valence-electron chi connectivity index (χ2n) is 3.49. The molecule has 78 valence electrons. The summed E-state index contributed by atoms with van der Waals surface area (Å²) in [4.78, 5) is 15.2. The highest BCUT2D eigenvalue weighted by Crippen LogP contribution is 2.11. The van der Waals surface area contributed by atoms with Crippen molar-refractivity contribution in [1.82, 2.24) is 15.2 Å². The van der Waals surface area contributed by atoms with Crippen LogP contribution in [-0.2, 0) is 0 Å². The predicted octanol–water partition coefficient (Wildman–Crippen LogP) is 2.13. The third-order valence-electron chi connectivity index (χ3n) is 2.53. The van der Waals surface area contributed by atoms with E-state index in [1.807, 2.05) is 18.2 Å². The zero-order valence-electron chi connectivity index (χ0n) is 8.15. The van der Waals surface area contributed by atoms with E-state index in [0.29, 0.717) is 20.9 Å². The molecule has 0 atom stereocenters. The van der Waals surface area contributed by atoms with Crippen LogP contribution in [0.2, 0.25) is 0 Å². The van der Waals surface area contributed by atoms with Gasteiger partial charge in [0.1, 0.15) is 10.2 Å². The molecule has 0 amide bonds. The maximum Gasteiger partial charge on any atom is 0.199 e. The first kappa shape index (κ1) is 9.23. The van der Waals surface area contributed by atoms with Gasteiger partial charge in [0.25, 0.3) is 0 Å². The van der Waals surface area contributed by atoms with Crippen LogP contribution in [0.3, 0.4) is 0 Å². The maximum atomic E-state index is 12.2. The Labute approximate surface area is 94.9 Å². The highest BCUT2D eigenvalue weighted by atomic mass is 32.1. The van der Waals surface area contributed by atoms with Gasteiger partial charge in [0.2, 0.25) is 0 Å². The van der Waals surface area contributed by atoms with E-state index in [2.05, 4.69) is 15.2 Å². The quantitative estimate of drug-likeness (QED) is 0.580. The van der Waals surface area contributed by atoms with Crippen molar-refractivity contribution in [3.05, 3.63) is 45.3 Å². The van der Waals surface area contributed by atoms with E-state index in [1.54, 1.807) is 6.07 Å². The lowest BCUT2D eigenvalue weighted by Gasteiger charge is -1.88. The molecule has 3 aromatic rings. The molecule has 0 aliphatic heterocycles. The SMILES string of the molecule is O=c1c2ccccc2[nH]c(=S)c2[nH]ncc12. The van der Waals surface area contributed by atoms with Gasteiger partial charge in [0.15, 0.2) is 5.43 Å². The van der Waals surface area contributed by atoms with Gasteiger partial charge in [0, 0.05) is 5.39 Å². The van der Waals surface area contributed by atoms with Crippen molar-refractivity contribution < 1.29 is 0 Å². The summed E-state index contributed by atoms with van der Waals surface area (Å²) in [6, 6.07) is 7.29. The molecule has 4 nitrogen and oxygen atoms in total. The van der Waals surface area contributed by atoms with Crippen molar-refractivity contribution in [2.24, 2.45) is 0 Å². The van der Waals surface area contributed by atoms with Crippen LogP contribution in [0.5, 0.6) is 0 Å². The Morgan fingerprint density at radius 2 is 2.00 bits per heavy atom. The Balaban J connectivity index is 2.80. The van der Waals surface area contributed by atoms with Crippen molar-refractivity contribution in [3.63, 3.8) is 0 Å². The molecule has 16 heavy (non-hydrogen) atoms. The molecule has 2 heterocycles. The molecule has 0 aliphatic carbocycles. The normalized spacial score (nSPS) is 11.0. The van der Waals surface area contributed by atoms with Gasteiger partial charge in [-0.15, -0.1) is 0 Å². The summed E-state index contributed by atoms with van der Waals surface area (Å²) in [5.41, 5.74) is 1.25. The fourth-order valence-corrected chi connectivity index (χ4v) is 2.02. The van der Waals surface area contributed by atoms with Gasteiger partial charge < -0.3 is 4.98 Å². The van der Waals surface area contributed by atoms with E-state index in [4.69, 9.17) is 12.2 Å². The number of hydrogen-bond donors (Lipinski definition) is 2. The minimum absolute atomic E-state index is 0.0632. The Morgan fingerprint density at radius 3 is 2.88 bits per heavy atom. The molecule has 1 aromatic carbocycles. The first-order valence-corrected chi connectivity index (χ1v) is 5.16. The second kappa shape index (κ2) is 3.24. The number of fused-ring (bicyclic) bond motifs is 2. The molecule has 0 saturated heterocycles. The summed E-state index contributed by atoms with van der Waals surface area (Å²) >= 11 is 5.20. The molecule has 0 spiro atoms. The maximum absolute atomic E-state index is 12.2. The first-order chi connectivity index (χ1) is 7.77. The summed E-state index contributed by atoms with van der Waals surface area (Å²) < 4.78 is 0.491. The second-order valence-corrected chi connectivity index (χ2v) is 3.90. The average molecular weight is 229 g/mol. The average Bonchev–Trinajstić information content (AvgIpc) is 2.74. The smallest absolute Gasteiger partial charge is 0.199 e. The minimum Gasteiger partial charge on any atom is -0.344 e. The van der Waals surface area contributed by atoms with E-state index in [1.165, 1.54) is 6.20 Å². The lowest BCUT2D eigenvalue weighted by molar-refractivity contribution is 1.11. The summed E-state index contributed by atoms with van der Waals surface area (Å²) in [5, 5.41) is 7.72. The molecule has 0 unspecified atom stereocenters. The monoisotopic (exact) mass is 229 g/mol. The Morgan fingerprint density at radius 1 is 1.19 bits per heavy atom. The highest BCUT2D eigenvalue weighted by Gasteiger charge is 2.04. The van der Waals surface area contributed by atoms with Crippen molar-refractivity contribution in [2.75, 3.05) is 0 Å². The molecular weight excluding hydrogens is 222 g/mol. The van der Waals surface area contributed by atoms with E-state index >= 15 is 0 Å². The van der Waals surface area contributed by atoms with Crippen LogP contribution >= 0.6 is 12.2 Å². The van der Waals surface area contributed by atoms with Crippen molar-refractivity contribution in [1.29, 1.82) is 0 Å². The molecule has 3 rings (SSSR count). The standard InChI is InChI=1S/C11H7N3OS/c15-10-6-3-1-2-4-8(6)13-11(16)9-7(10)5-12-14-9/h1-5H,(H,12,14)(H,13,16). The number of benzene rings is 1. The molecule has 0 radical (unpaired) electrons. The van der Waals surface area contributed by atoms with E-state index in [9.17, 15) is 4.79 Å². The van der Waals surface area contributed by atoms with E-state index < -0.39 is 0 Å². The van der Waals surface area contributed by atoms with Gasteiger partial charge in [-0.05, 0) is 12.1 Å². The summed E-state index contributed by atoms with van der Waals surface area (Å²) in [6.45, 7) is 0. The number of aromatic amines is 2. The highest BCUT2D eigenvalue weighted by molar-refractivity contribution is 7.71. The van der Waals surface area contributed by atoms with Crippen LogP contribution < -0.4 is 5.43 Å². The molecule has 2 N–H and O–H groups in total. The van der Waals surface area contributed by atoms with Crippen LogP contribution in [0.1, 0.15) is 0 Å². The molecule has 2 aromatic heterocycles. The van der Waals surface area contributed by atoms with Gasteiger partial charge in [0.05, 0.1) is 17.1 Å². The topological polar surface area (TPSA) is 61.5 Å². The Kier molecular flexibility index (Phi) is 1.87. The third-order valence-corrected chi connectivity index (χ3v) is 2.84. The molecule has 0 bridgehead atoms. The molecule has 0 saturated carbocycles. The number of hydrogen-bond acceptors (Lipinski definition) is 3. The lowest BCUT2D eigenvalue weighted by atomic mass is 10.2. The van der Waals surface area contributed by atoms with Crippen LogP contribution in [-0.4, -0.2) is 15.2 Å². The predicted molar refractivity (Wildman–Crippen MR) is 65.1 cm³/mol. The number of nitrogens with zero attached hydrogens (tertiary/aromatic N) is 1. The van der Waals surface area contributed by atoms with Crippen LogP contribution in [0.15, 0.2) is 35.3 Å². The van der Waals surface area contributed by atoms with E-state index in [-0.39, 0.29) is 5.43 Å². The van der Waals surface area contributed by atoms with Gasteiger partial charge in [-0.2, -0.15) is 5.10 Å². The van der Waals surface area contributed by atoms with Crippen molar-refractivity contribution in [3.8, 4) is 0 Å². The minimum atomic E-state index is -0.0632. The van der Waals surface area contributed by atoms with Crippen molar-refractivity contribution >= 4 is 34.0 Å². The zero-order valence-corrected chi connectivity index (χ0v) is 8.97. The van der Waals surface area contributed by atoms with Crippen LogP contribution in [0.4, 0.5) is 0 Å². The fraction of sp³-hybridized carbons (Fsp3) is 0. The van der Waals surface area contributed by atoms with Gasteiger partial charge >= 0.3 is 0 Å². The van der Waals surface area contributed by atoms with Crippen LogP contribution in [0, 0.1) is 4.64 Å². The number of para-hydroxylation sites is 1. The zero-order chi connectivity index (χ0) is 11.1. The van der Waals surface area contributed by atoms with Gasteiger partial charge in [-0.1, -0.05) is 24.4 Å². The molecule has 0 aliphatic rings. The van der Waals surface area contributed by atoms with Crippen LogP contribution in [0.25, 0.3) is 21.8 Å². The number of aromatic nitrogens is 3. The summed E-state index contributed by atoms with van der Waals surface area (Å²) in [5.74, 6) is 0. The lowest BCUT2D eigenvalue weighted by Crippen LogP contribution is -1.96. The number of H-pyrrole nitrogens is 2. The molecule has 0 fully saturated rings. The fourth-order valence-electron chi connectivity index (χ4n) is 1.75. The Hall–Kier alpha value is -2.01. The summed E-state index contributed by atoms with van der Waals surface area (Å²) in [6.07, 6.45) is 1.51. The largest absolute Gasteiger partial charge is 0.344 e.